The van der Waals surface area contributed by atoms with E-state index in [1.165, 1.54) is 7.11 Å². The van der Waals surface area contributed by atoms with Crippen LogP contribution in [0.1, 0.15) is 32.1 Å². The summed E-state index contributed by atoms with van der Waals surface area (Å²) in [7, 11) is 1.22. The van der Waals surface area contributed by atoms with Crippen LogP contribution in [0, 0.1) is 0 Å². The maximum atomic E-state index is 11.8. The number of methoxy groups -OCH3 is 1. The molecule has 1 amide bonds. The highest BCUT2D eigenvalue weighted by Crippen LogP contribution is 2.29. The number of aliphatic carboxylic acids is 1. The van der Waals surface area contributed by atoms with Crippen LogP contribution in [0.4, 0.5) is 0 Å². The fraction of sp³-hybridized carbons (Fsp3) is 0.727. The molecule has 7 heteroatoms. The standard InChI is InChI=1S/C11H18N2O5/c1-18-8(14)4-3-7(9(15)16)13-10(17)11(12)5-2-6-11/h7H,2-6,12H2,1H3,(H,13,17)(H,15,16)/t7-/m1/s1. The number of carboxylic acids is 1. The lowest BCUT2D eigenvalue weighted by atomic mass is 9.77. The molecule has 0 radical (unpaired) electrons. The van der Waals surface area contributed by atoms with Crippen LogP contribution in [-0.4, -0.2) is 41.6 Å². The van der Waals surface area contributed by atoms with Gasteiger partial charge in [0.2, 0.25) is 5.91 Å². The summed E-state index contributed by atoms with van der Waals surface area (Å²) >= 11 is 0. The van der Waals surface area contributed by atoms with E-state index in [9.17, 15) is 14.4 Å². The van der Waals surface area contributed by atoms with Gasteiger partial charge < -0.3 is 20.9 Å². The average molecular weight is 258 g/mol. The Bertz CT molecular complexity index is 351. The Labute approximate surface area is 105 Å². The smallest absolute Gasteiger partial charge is 0.326 e. The lowest BCUT2D eigenvalue weighted by Crippen LogP contribution is -2.61. The number of hydrogen-bond acceptors (Lipinski definition) is 5. The fourth-order valence-corrected chi connectivity index (χ4v) is 1.71. The zero-order chi connectivity index (χ0) is 13.8. The predicted octanol–water partition coefficient (Wildman–Crippen LogP) is -0.610. The quantitative estimate of drug-likeness (QED) is 0.547. The number of esters is 1. The summed E-state index contributed by atoms with van der Waals surface area (Å²) in [4.78, 5) is 33.7. The highest BCUT2D eigenvalue weighted by atomic mass is 16.5. The van der Waals surface area contributed by atoms with Crippen molar-refractivity contribution in [3.8, 4) is 0 Å². The Morgan fingerprint density at radius 2 is 2.06 bits per heavy atom. The van der Waals surface area contributed by atoms with Crippen LogP contribution in [0.2, 0.25) is 0 Å². The Morgan fingerprint density at radius 3 is 2.44 bits per heavy atom. The number of hydrogen-bond donors (Lipinski definition) is 3. The van der Waals surface area contributed by atoms with Gasteiger partial charge in [0.15, 0.2) is 0 Å². The zero-order valence-electron chi connectivity index (χ0n) is 10.3. The van der Waals surface area contributed by atoms with Gasteiger partial charge in [0, 0.05) is 6.42 Å². The molecule has 0 unspecified atom stereocenters. The average Bonchev–Trinajstić information content (AvgIpc) is 2.29. The summed E-state index contributed by atoms with van der Waals surface area (Å²) in [6.45, 7) is 0. The minimum atomic E-state index is -1.19. The number of carbonyl (C=O) groups is 3. The van der Waals surface area contributed by atoms with Gasteiger partial charge >= 0.3 is 11.9 Å². The first-order valence-electron chi connectivity index (χ1n) is 5.78. The number of amides is 1. The second kappa shape index (κ2) is 5.81. The van der Waals surface area contributed by atoms with E-state index in [1.54, 1.807) is 0 Å². The van der Waals surface area contributed by atoms with E-state index in [0.29, 0.717) is 12.8 Å². The molecule has 102 valence electrons. The molecule has 4 N–H and O–H groups in total. The van der Waals surface area contributed by atoms with Crippen LogP contribution in [0.25, 0.3) is 0 Å². The highest BCUT2D eigenvalue weighted by Gasteiger charge is 2.41. The lowest BCUT2D eigenvalue weighted by molar-refractivity contribution is -0.145. The first kappa shape index (κ1) is 14.4. The van der Waals surface area contributed by atoms with Crippen LogP contribution in [-0.2, 0) is 19.1 Å². The SMILES string of the molecule is COC(=O)CC[C@@H](NC(=O)C1(N)CCC1)C(=O)O. The number of rotatable bonds is 6. The van der Waals surface area contributed by atoms with Gasteiger partial charge in [0.1, 0.15) is 6.04 Å². The number of carboxylic acid groups (broad SMARTS) is 1. The van der Waals surface area contributed by atoms with Crippen molar-refractivity contribution in [2.45, 2.75) is 43.7 Å². The molecule has 18 heavy (non-hydrogen) atoms. The van der Waals surface area contributed by atoms with Crippen LogP contribution >= 0.6 is 0 Å². The minimum absolute atomic E-state index is 0.0101. The summed E-state index contributed by atoms with van der Waals surface area (Å²) < 4.78 is 4.42. The Balaban J connectivity index is 2.50. The number of nitrogens with two attached hydrogens (primary N) is 1. The van der Waals surface area contributed by atoms with E-state index < -0.39 is 29.4 Å². The third-order valence-electron chi connectivity index (χ3n) is 3.17. The molecule has 0 aromatic rings. The summed E-state index contributed by atoms with van der Waals surface area (Å²) in [6.07, 6.45) is 1.91. The van der Waals surface area contributed by atoms with Crippen molar-refractivity contribution < 1.29 is 24.2 Å². The molecule has 7 nitrogen and oxygen atoms in total. The second-order valence-corrected chi connectivity index (χ2v) is 4.49. The maximum absolute atomic E-state index is 11.8. The predicted molar refractivity (Wildman–Crippen MR) is 61.6 cm³/mol. The van der Waals surface area contributed by atoms with Gasteiger partial charge in [-0.15, -0.1) is 0 Å². The molecular weight excluding hydrogens is 240 g/mol. The number of ether oxygens (including phenoxy) is 1. The molecule has 1 saturated carbocycles. The van der Waals surface area contributed by atoms with E-state index in [1.807, 2.05) is 0 Å². The maximum Gasteiger partial charge on any atom is 0.326 e. The molecule has 0 aliphatic heterocycles. The molecule has 1 fully saturated rings. The van der Waals surface area contributed by atoms with Crippen LogP contribution in [0.5, 0.6) is 0 Å². The van der Waals surface area contributed by atoms with Gasteiger partial charge in [-0.3, -0.25) is 9.59 Å². The Kier molecular flexibility index (Phi) is 4.66. The van der Waals surface area contributed by atoms with Gasteiger partial charge in [-0.25, -0.2) is 4.79 Å². The van der Waals surface area contributed by atoms with Crippen LogP contribution in [0.3, 0.4) is 0 Å². The molecule has 0 bridgehead atoms. The topological polar surface area (TPSA) is 119 Å². The molecule has 1 aliphatic carbocycles. The van der Waals surface area contributed by atoms with Gasteiger partial charge in [-0.1, -0.05) is 0 Å². The van der Waals surface area contributed by atoms with Gasteiger partial charge in [0.25, 0.3) is 0 Å². The van der Waals surface area contributed by atoms with Crippen molar-refractivity contribution in [3.63, 3.8) is 0 Å². The zero-order valence-corrected chi connectivity index (χ0v) is 10.3. The highest BCUT2D eigenvalue weighted by molar-refractivity contribution is 5.90. The van der Waals surface area contributed by atoms with Crippen molar-refractivity contribution in [1.29, 1.82) is 0 Å². The summed E-state index contributed by atoms with van der Waals surface area (Å²) in [6, 6.07) is -1.11. The van der Waals surface area contributed by atoms with Crippen molar-refractivity contribution in [2.75, 3.05) is 7.11 Å². The molecule has 0 aromatic heterocycles. The Hall–Kier alpha value is -1.63. The molecule has 0 heterocycles. The van der Waals surface area contributed by atoms with Gasteiger partial charge in [-0.05, 0) is 25.7 Å². The minimum Gasteiger partial charge on any atom is -0.480 e. The van der Waals surface area contributed by atoms with Crippen LogP contribution < -0.4 is 11.1 Å². The van der Waals surface area contributed by atoms with E-state index in [4.69, 9.17) is 10.8 Å². The number of carbonyl (C=O) groups excluding carboxylic acids is 2. The van der Waals surface area contributed by atoms with Gasteiger partial charge in [-0.2, -0.15) is 0 Å². The third kappa shape index (κ3) is 3.43. The van der Waals surface area contributed by atoms with E-state index in [2.05, 4.69) is 10.1 Å². The van der Waals surface area contributed by atoms with E-state index in [0.717, 1.165) is 6.42 Å². The van der Waals surface area contributed by atoms with Crippen molar-refractivity contribution in [1.82, 2.24) is 5.32 Å². The molecule has 1 rings (SSSR count). The molecular formula is C11H18N2O5. The van der Waals surface area contributed by atoms with E-state index >= 15 is 0 Å². The molecule has 0 saturated heterocycles. The number of nitrogens with one attached hydrogen (secondary N) is 1. The summed E-state index contributed by atoms with van der Waals surface area (Å²) in [5.41, 5.74) is 4.83. The molecule has 0 aromatic carbocycles. The molecule has 1 atom stereocenters. The third-order valence-corrected chi connectivity index (χ3v) is 3.17. The van der Waals surface area contributed by atoms with Crippen molar-refractivity contribution >= 4 is 17.8 Å². The fourth-order valence-electron chi connectivity index (χ4n) is 1.71. The van der Waals surface area contributed by atoms with Gasteiger partial charge in [0.05, 0.1) is 12.6 Å². The second-order valence-electron chi connectivity index (χ2n) is 4.49. The van der Waals surface area contributed by atoms with Crippen molar-refractivity contribution in [3.05, 3.63) is 0 Å². The monoisotopic (exact) mass is 258 g/mol. The van der Waals surface area contributed by atoms with E-state index in [-0.39, 0.29) is 12.8 Å². The lowest BCUT2D eigenvalue weighted by Gasteiger charge is -2.37. The normalized spacial score (nSPS) is 18.3. The molecule has 0 spiro atoms. The Morgan fingerprint density at radius 1 is 1.44 bits per heavy atom. The summed E-state index contributed by atoms with van der Waals surface area (Å²) in [5.74, 6) is -2.16. The first-order chi connectivity index (χ1) is 8.39. The van der Waals surface area contributed by atoms with Crippen LogP contribution in [0.15, 0.2) is 0 Å². The largest absolute Gasteiger partial charge is 0.480 e. The first-order valence-corrected chi connectivity index (χ1v) is 5.78. The summed E-state index contributed by atoms with van der Waals surface area (Å²) in [5, 5.41) is 11.3. The molecule has 1 aliphatic rings. The van der Waals surface area contributed by atoms with Crippen molar-refractivity contribution in [2.24, 2.45) is 5.73 Å².